The Morgan fingerprint density at radius 1 is 1.30 bits per heavy atom. The highest BCUT2D eigenvalue weighted by molar-refractivity contribution is 7.99. The SMILES string of the molecule is Cn1c(=O)[nH]c2c(C(=O)N3CCSCC3)snc2c1=O. The average molecular weight is 312 g/mol. The van der Waals surface area contributed by atoms with E-state index in [0.29, 0.717) is 18.0 Å². The number of carbonyl (C=O) groups excluding carboxylic acids is 1. The molecule has 0 aliphatic carbocycles. The minimum atomic E-state index is -0.536. The minimum absolute atomic E-state index is 0.145. The van der Waals surface area contributed by atoms with Crippen molar-refractivity contribution in [1.82, 2.24) is 18.8 Å². The van der Waals surface area contributed by atoms with E-state index in [-0.39, 0.29) is 16.9 Å². The molecule has 1 fully saturated rings. The van der Waals surface area contributed by atoms with Crippen LogP contribution >= 0.6 is 23.3 Å². The van der Waals surface area contributed by atoms with Gasteiger partial charge in [0.15, 0.2) is 5.52 Å². The number of amides is 1. The summed E-state index contributed by atoms with van der Waals surface area (Å²) in [6, 6.07) is 0. The Kier molecular flexibility index (Phi) is 3.38. The van der Waals surface area contributed by atoms with Gasteiger partial charge in [-0.15, -0.1) is 0 Å². The van der Waals surface area contributed by atoms with Crippen LogP contribution in [0.4, 0.5) is 0 Å². The first-order chi connectivity index (χ1) is 9.59. The van der Waals surface area contributed by atoms with Crippen molar-refractivity contribution >= 4 is 40.2 Å². The second kappa shape index (κ2) is 5.06. The van der Waals surface area contributed by atoms with Crippen LogP contribution in [0.1, 0.15) is 9.67 Å². The fourth-order valence-corrected chi connectivity index (χ4v) is 3.75. The lowest BCUT2D eigenvalue weighted by molar-refractivity contribution is 0.0778. The second-order valence-electron chi connectivity index (χ2n) is 4.43. The van der Waals surface area contributed by atoms with Gasteiger partial charge in [-0.25, -0.2) is 4.79 Å². The Hall–Kier alpha value is -1.61. The first kappa shape index (κ1) is 13.4. The van der Waals surface area contributed by atoms with Crippen molar-refractivity contribution in [2.45, 2.75) is 0 Å². The molecule has 1 aliphatic heterocycles. The normalized spacial score (nSPS) is 15.8. The zero-order valence-corrected chi connectivity index (χ0v) is 12.3. The molecule has 9 heteroatoms. The van der Waals surface area contributed by atoms with Crippen LogP contribution in [0.25, 0.3) is 11.0 Å². The standard InChI is InChI=1S/C11H12N4O3S2/c1-14-9(16)7-6(12-11(14)18)8(20-13-7)10(17)15-2-4-19-5-3-15/h2-5H2,1H3,(H,12,18). The molecule has 0 bridgehead atoms. The second-order valence-corrected chi connectivity index (χ2v) is 6.43. The predicted molar refractivity (Wildman–Crippen MR) is 78.7 cm³/mol. The van der Waals surface area contributed by atoms with Gasteiger partial charge in [0.2, 0.25) is 0 Å². The highest BCUT2D eigenvalue weighted by Gasteiger charge is 2.24. The molecule has 0 aromatic carbocycles. The summed E-state index contributed by atoms with van der Waals surface area (Å²) in [5.74, 6) is 1.64. The Bertz CT molecular complexity index is 785. The van der Waals surface area contributed by atoms with E-state index in [0.717, 1.165) is 27.6 Å². The zero-order valence-electron chi connectivity index (χ0n) is 10.7. The lowest BCUT2D eigenvalue weighted by Crippen LogP contribution is -2.38. The summed E-state index contributed by atoms with van der Waals surface area (Å²) < 4.78 is 4.97. The van der Waals surface area contributed by atoms with Gasteiger partial charge in [0.25, 0.3) is 11.5 Å². The Morgan fingerprint density at radius 3 is 2.70 bits per heavy atom. The highest BCUT2D eigenvalue weighted by Crippen LogP contribution is 2.20. The van der Waals surface area contributed by atoms with E-state index in [9.17, 15) is 14.4 Å². The van der Waals surface area contributed by atoms with Crippen molar-refractivity contribution in [3.05, 3.63) is 25.7 Å². The molecule has 1 amide bonds. The number of hydrogen-bond donors (Lipinski definition) is 1. The number of nitrogens with zero attached hydrogens (tertiary/aromatic N) is 3. The van der Waals surface area contributed by atoms with Crippen LogP contribution in [0.3, 0.4) is 0 Å². The summed E-state index contributed by atoms with van der Waals surface area (Å²) in [4.78, 5) is 40.7. The summed E-state index contributed by atoms with van der Waals surface area (Å²) >= 11 is 2.77. The van der Waals surface area contributed by atoms with Gasteiger partial charge in [-0.3, -0.25) is 14.2 Å². The molecule has 3 heterocycles. The molecular formula is C11H12N4O3S2. The fraction of sp³-hybridized carbons (Fsp3) is 0.455. The first-order valence-corrected chi connectivity index (χ1v) is 7.98. The minimum Gasteiger partial charge on any atom is -0.336 e. The smallest absolute Gasteiger partial charge is 0.328 e. The quantitative estimate of drug-likeness (QED) is 0.792. The van der Waals surface area contributed by atoms with Gasteiger partial charge in [-0.2, -0.15) is 16.1 Å². The Labute approximate surface area is 121 Å². The van der Waals surface area contributed by atoms with Crippen LogP contribution in [-0.2, 0) is 7.05 Å². The summed E-state index contributed by atoms with van der Waals surface area (Å²) in [5.41, 5.74) is -0.614. The molecule has 0 saturated carbocycles. The van der Waals surface area contributed by atoms with Crippen molar-refractivity contribution in [3.63, 3.8) is 0 Å². The lowest BCUT2D eigenvalue weighted by Gasteiger charge is -2.25. The van der Waals surface area contributed by atoms with Gasteiger partial charge in [-0.05, 0) is 11.5 Å². The molecule has 1 saturated heterocycles. The number of hydrogen-bond acceptors (Lipinski definition) is 6. The van der Waals surface area contributed by atoms with E-state index in [4.69, 9.17) is 0 Å². The Balaban J connectivity index is 2.11. The maximum atomic E-state index is 12.4. The van der Waals surface area contributed by atoms with Crippen LogP contribution in [-0.4, -0.2) is 49.3 Å². The maximum Gasteiger partial charge on any atom is 0.328 e. The van der Waals surface area contributed by atoms with Crippen molar-refractivity contribution in [2.75, 3.05) is 24.6 Å². The fourth-order valence-electron chi connectivity index (χ4n) is 2.05. The Morgan fingerprint density at radius 2 is 2.00 bits per heavy atom. The summed E-state index contributed by atoms with van der Waals surface area (Å²) in [5, 5.41) is 0. The number of aromatic nitrogens is 3. The van der Waals surface area contributed by atoms with Crippen LogP contribution < -0.4 is 11.2 Å². The van der Waals surface area contributed by atoms with Gasteiger partial charge in [-0.1, -0.05) is 0 Å². The zero-order chi connectivity index (χ0) is 14.3. The highest BCUT2D eigenvalue weighted by atomic mass is 32.2. The van der Waals surface area contributed by atoms with E-state index < -0.39 is 11.2 Å². The number of nitrogens with one attached hydrogen (secondary N) is 1. The van der Waals surface area contributed by atoms with Crippen LogP contribution in [0.5, 0.6) is 0 Å². The van der Waals surface area contributed by atoms with E-state index >= 15 is 0 Å². The van der Waals surface area contributed by atoms with E-state index in [1.165, 1.54) is 7.05 Å². The molecule has 2 aromatic heterocycles. The van der Waals surface area contributed by atoms with Gasteiger partial charge in [0, 0.05) is 31.6 Å². The molecule has 106 valence electrons. The van der Waals surface area contributed by atoms with E-state index in [1.54, 1.807) is 16.7 Å². The number of fused-ring (bicyclic) bond motifs is 1. The first-order valence-electron chi connectivity index (χ1n) is 6.05. The largest absolute Gasteiger partial charge is 0.336 e. The van der Waals surface area contributed by atoms with Gasteiger partial charge < -0.3 is 9.88 Å². The van der Waals surface area contributed by atoms with Crippen LogP contribution in [0.2, 0.25) is 0 Å². The number of carbonyl (C=O) groups is 1. The third-order valence-electron chi connectivity index (χ3n) is 3.23. The molecule has 20 heavy (non-hydrogen) atoms. The van der Waals surface area contributed by atoms with E-state index in [2.05, 4.69) is 9.36 Å². The van der Waals surface area contributed by atoms with Gasteiger partial charge >= 0.3 is 5.69 Å². The number of H-pyrrole nitrogens is 1. The molecule has 0 atom stereocenters. The third kappa shape index (κ3) is 2.06. The molecular weight excluding hydrogens is 300 g/mol. The summed E-state index contributed by atoms with van der Waals surface area (Å²) in [6.45, 7) is 1.36. The maximum absolute atomic E-state index is 12.4. The van der Waals surface area contributed by atoms with Gasteiger partial charge in [0.1, 0.15) is 4.88 Å². The molecule has 3 rings (SSSR count). The topological polar surface area (TPSA) is 88.1 Å². The summed E-state index contributed by atoms with van der Waals surface area (Å²) in [7, 11) is 1.38. The molecule has 0 radical (unpaired) electrons. The molecule has 2 aromatic rings. The molecule has 1 N–H and O–H groups in total. The lowest BCUT2D eigenvalue weighted by atomic mass is 10.3. The van der Waals surface area contributed by atoms with Gasteiger partial charge in [0.05, 0.1) is 5.52 Å². The molecule has 1 aliphatic rings. The van der Waals surface area contributed by atoms with Crippen molar-refractivity contribution < 1.29 is 4.79 Å². The monoisotopic (exact) mass is 312 g/mol. The number of rotatable bonds is 1. The third-order valence-corrected chi connectivity index (χ3v) is 5.01. The summed E-state index contributed by atoms with van der Waals surface area (Å²) in [6.07, 6.45) is 0. The van der Waals surface area contributed by atoms with Crippen molar-refractivity contribution in [1.29, 1.82) is 0 Å². The molecule has 0 unspecified atom stereocenters. The van der Waals surface area contributed by atoms with Crippen LogP contribution in [0, 0.1) is 0 Å². The van der Waals surface area contributed by atoms with Crippen molar-refractivity contribution in [2.24, 2.45) is 7.05 Å². The van der Waals surface area contributed by atoms with E-state index in [1.807, 2.05) is 0 Å². The van der Waals surface area contributed by atoms with Crippen molar-refractivity contribution in [3.8, 4) is 0 Å². The van der Waals surface area contributed by atoms with Crippen LogP contribution in [0.15, 0.2) is 9.59 Å². The number of thioether (sulfide) groups is 1. The molecule has 0 spiro atoms. The molecule has 7 nitrogen and oxygen atoms in total. The predicted octanol–water partition coefficient (Wildman–Crippen LogP) is -0.128. The number of aromatic amines is 1. The average Bonchev–Trinajstić information content (AvgIpc) is 2.89.